The van der Waals surface area contributed by atoms with E-state index in [2.05, 4.69) is 18.9 Å². The Bertz CT molecular complexity index is 687. The van der Waals surface area contributed by atoms with Gasteiger partial charge in [0.25, 0.3) is 5.91 Å². The van der Waals surface area contributed by atoms with Gasteiger partial charge in [-0.25, -0.2) is 0 Å². The first-order valence-electron chi connectivity index (χ1n) is 6.75. The number of carboxylic acid groups (broad SMARTS) is 1. The Morgan fingerprint density at radius 3 is 2.71 bits per heavy atom. The molecule has 0 atom stereocenters. The molecule has 2 rings (SSSR count). The number of carbonyl (C=O) groups is 2. The van der Waals surface area contributed by atoms with E-state index in [1.54, 1.807) is 11.7 Å². The molecule has 0 spiro atoms. The lowest BCUT2D eigenvalue weighted by molar-refractivity contribution is -0.137. The van der Waals surface area contributed by atoms with Gasteiger partial charge in [0, 0.05) is 26.0 Å². The minimum absolute atomic E-state index is 0.0497. The van der Waals surface area contributed by atoms with Crippen LogP contribution < -0.4 is 0 Å². The zero-order valence-corrected chi connectivity index (χ0v) is 13.4. The molecule has 0 saturated carbocycles. The molecule has 114 valence electrons. The lowest BCUT2D eigenvalue weighted by Gasteiger charge is -2.14. The molecule has 2 aromatic heterocycles. The number of carbonyl (C=O) groups excluding carboxylic acids is 1. The molecular formula is C14H19N3O3S. The Labute approximate surface area is 127 Å². The first-order chi connectivity index (χ1) is 9.81. The van der Waals surface area contributed by atoms with Crippen LogP contribution in [0.3, 0.4) is 0 Å². The smallest absolute Gasteiger partial charge is 0.305 e. The predicted octanol–water partition coefficient (Wildman–Crippen LogP) is 2.30. The van der Waals surface area contributed by atoms with Gasteiger partial charge in [-0.05, 0) is 12.0 Å². The van der Waals surface area contributed by atoms with Crippen LogP contribution in [0.2, 0.25) is 0 Å². The van der Waals surface area contributed by atoms with Gasteiger partial charge >= 0.3 is 5.97 Å². The van der Waals surface area contributed by atoms with E-state index in [1.165, 1.54) is 16.2 Å². The molecule has 7 heteroatoms. The van der Waals surface area contributed by atoms with Crippen LogP contribution in [0, 0.1) is 0 Å². The number of fused-ring (bicyclic) bond motifs is 1. The van der Waals surface area contributed by atoms with Gasteiger partial charge in [0.2, 0.25) is 0 Å². The van der Waals surface area contributed by atoms with Crippen molar-refractivity contribution >= 4 is 33.4 Å². The second-order valence-electron chi connectivity index (χ2n) is 5.36. The minimum atomic E-state index is -0.905. The highest BCUT2D eigenvalue weighted by Gasteiger charge is 2.20. The topological polar surface area (TPSA) is 75.4 Å². The average Bonchev–Trinajstić information content (AvgIpc) is 2.96. The molecule has 2 aromatic rings. The Morgan fingerprint density at radius 1 is 1.48 bits per heavy atom. The number of hydrogen-bond acceptors (Lipinski definition) is 4. The third kappa shape index (κ3) is 3.07. The number of nitrogens with zero attached hydrogens (tertiary/aromatic N) is 3. The lowest BCUT2D eigenvalue weighted by atomic mass is 10.1. The Kier molecular flexibility index (Phi) is 4.32. The van der Waals surface area contributed by atoms with Crippen molar-refractivity contribution in [2.24, 2.45) is 7.05 Å². The Hall–Kier alpha value is -1.89. The third-order valence-corrected chi connectivity index (χ3v) is 4.50. The second kappa shape index (κ2) is 5.85. The van der Waals surface area contributed by atoms with Crippen LogP contribution in [0.25, 0.3) is 10.2 Å². The zero-order chi connectivity index (χ0) is 15.7. The SMILES string of the molecule is CC(C)c1nn(C)c2sc(C(=O)N(C)CCC(=O)O)cc12. The summed E-state index contributed by atoms with van der Waals surface area (Å²) < 4.78 is 1.80. The predicted molar refractivity (Wildman–Crippen MR) is 81.9 cm³/mol. The van der Waals surface area contributed by atoms with Crippen molar-refractivity contribution in [1.29, 1.82) is 0 Å². The number of carboxylic acids is 1. The van der Waals surface area contributed by atoms with Crippen LogP contribution in [0.4, 0.5) is 0 Å². The van der Waals surface area contributed by atoms with Crippen LogP contribution >= 0.6 is 11.3 Å². The van der Waals surface area contributed by atoms with E-state index in [0.717, 1.165) is 15.9 Å². The van der Waals surface area contributed by atoms with E-state index in [0.29, 0.717) is 4.88 Å². The molecule has 0 unspecified atom stereocenters. The largest absolute Gasteiger partial charge is 0.481 e. The molecule has 1 N–H and O–H groups in total. The maximum Gasteiger partial charge on any atom is 0.305 e. The fraction of sp³-hybridized carbons (Fsp3) is 0.500. The zero-order valence-electron chi connectivity index (χ0n) is 12.6. The van der Waals surface area contributed by atoms with Gasteiger partial charge in [0.05, 0.1) is 17.0 Å². The highest BCUT2D eigenvalue weighted by molar-refractivity contribution is 7.20. The fourth-order valence-electron chi connectivity index (χ4n) is 2.15. The van der Waals surface area contributed by atoms with Gasteiger partial charge in [-0.15, -0.1) is 11.3 Å². The van der Waals surface area contributed by atoms with Gasteiger partial charge in [0.15, 0.2) is 0 Å². The van der Waals surface area contributed by atoms with Crippen molar-refractivity contribution in [2.75, 3.05) is 13.6 Å². The molecule has 0 saturated heterocycles. The number of hydrogen-bond donors (Lipinski definition) is 1. The van der Waals surface area contributed by atoms with Crippen LogP contribution in [-0.4, -0.2) is 45.3 Å². The quantitative estimate of drug-likeness (QED) is 0.919. The molecule has 0 aliphatic heterocycles. The Morgan fingerprint density at radius 2 is 2.14 bits per heavy atom. The number of aromatic nitrogens is 2. The van der Waals surface area contributed by atoms with Gasteiger partial charge in [-0.1, -0.05) is 13.8 Å². The minimum Gasteiger partial charge on any atom is -0.481 e. The molecule has 0 aromatic carbocycles. The molecule has 1 amide bonds. The summed E-state index contributed by atoms with van der Waals surface area (Å²) in [6.45, 7) is 4.34. The van der Waals surface area contributed by atoms with E-state index in [-0.39, 0.29) is 24.8 Å². The number of thiophene rings is 1. The summed E-state index contributed by atoms with van der Waals surface area (Å²) in [6.07, 6.45) is -0.0497. The first-order valence-corrected chi connectivity index (χ1v) is 7.56. The fourth-order valence-corrected chi connectivity index (χ4v) is 3.23. The monoisotopic (exact) mass is 309 g/mol. The first kappa shape index (κ1) is 15.5. The second-order valence-corrected chi connectivity index (χ2v) is 6.39. The third-order valence-electron chi connectivity index (χ3n) is 3.31. The van der Waals surface area contributed by atoms with E-state index < -0.39 is 5.97 Å². The van der Waals surface area contributed by atoms with Crippen LogP contribution in [0.1, 0.15) is 41.6 Å². The summed E-state index contributed by atoms with van der Waals surface area (Å²) in [4.78, 5) is 25.9. The highest BCUT2D eigenvalue weighted by Crippen LogP contribution is 2.31. The summed E-state index contributed by atoms with van der Waals surface area (Å²) in [5.74, 6) is -0.763. The van der Waals surface area contributed by atoms with E-state index in [9.17, 15) is 9.59 Å². The van der Waals surface area contributed by atoms with Crippen LogP contribution in [0.5, 0.6) is 0 Å². The molecule has 0 aliphatic carbocycles. The lowest BCUT2D eigenvalue weighted by Crippen LogP contribution is -2.28. The number of amides is 1. The van der Waals surface area contributed by atoms with Gasteiger partial charge < -0.3 is 10.0 Å². The Balaban J connectivity index is 2.28. The van der Waals surface area contributed by atoms with Gasteiger partial charge in [-0.3, -0.25) is 14.3 Å². The molecule has 0 aliphatic rings. The average molecular weight is 309 g/mol. The summed E-state index contributed by atoms with van der Waals surface area (Å²) in [6, 6.07) is 1.86. The molecule has 0 radical (unpaired) electrons. The molecule has 21 heavy (non-hydrogen) atoms. The number of aryl methyl sites for hydroxylation is 1. The van der Waals surface area contributed by atoms with Crippen molar-refractivity contribution in [2.45, 2.75) is 26.2 Å². The van der Waals surface area contributed by atoms with Crippen molar-refractivity contribution in [3.8, 4) is 0 Å². The van der Waals surface area contributed by atoms with E-state index in [4.69, 9.17) is 5.11 Å². The highest BCUT2D eigenvalue weighted by atomic mass is 32.1. The van der Waals surface area contributed by atoms with Gasteiger partial charge in [0.1, 0.15) is 4.83 Å². The normalized spacial score (nSPS) is 11.3. The molecule has 6 nitrogen and oxygen atoms in total. The molecule has 0 fully saturated rings. The maximum absolute atomic E-state index is 12.3. The number of aliphatic carboxylic acids is 1. The van der Waals surface area contributed by atoms with Crippen molar-refractivity contribution < 1.29 is 14.7 Å². The molecule has 2 heterocycles. The summed E-state index contributed by atoms with van der Waals surface area (Å²) >= 11 is 1.39. The molecular weight excluding hydrogens is 290 g/mol. The van der Waals surface area contributed by atoms with Crippen molar-refractivity contribution in [3.63, 3.8) is 0 Å². The van der Waals surface area contributed by atoms with E-state index in [1.807, 2.05) is 13.1 Å². The number of rotatable bonds is 5. The summed E-state index contributed by atoms with van der Waals surface area (Å²) in [7, 11) is 3.49. The van der Waals surface area contributed by atoms with Crippen molar-refractivity contribution in [1.82, 2.24) is 14.7 Å². The van der Waals surface area contributed by atoms with Gasteiger partial charge in [-0.2, -0.15) is 5.10 Å². The summed E-state index contributed by atoms with van der Waals surface area (Å²) in [5, 5.41) is 14.2. The van der Waals surface area contributed by atoms with Crippen LogP contribution in [0.15, 0.2) is 6.07 Å². The van der Waals surface area contributed by atoms with Crippen LogP contribution in [-0.2, 0) is 11.8 Å². The van der Waals surface area contributed by atoms with Crippen molar-refractivity contribution in [3.05, 3.63) is 16.6 Å². The summed E-state index contributed by atoms with van der Waals surface area (Å²) in [5.41, 5.74) is 0.982. The molecule has 0 bridgehead atoms. The standard InChI is InChI=1S/C14H19N3O3S/c1-8(2)12-9-7-10(21-14(9)17(4)15-12)13(20)16(3)6-5-11(18)19/h7-8H,5-6H2,1-4H3,(H,18,19). The van der Waals surface area contributed by atoms with E-state index >= 15 is 0 Å². The maximum atomic E-state index is 12.3.